The maximum Gasteiger partial charge on any atom is 0.293 e. The Kier molecular flexibility index (Phi) is 5.07. The van der Waals surface area contributed by atoms with Crippen molar-refractivity contribution in [3.05, 3.63) is 35.6 Å². The number of benzene rings is 1. The van der Waals surface area contributed by atoms with Crippen molar-refractivity contribution in [1.82, 2.24) is 29.9 Å². The van der Waals surface area contributed by atoms with Crippen LogP contribution in [0.1, 0.15) is 0 Å². The molecule has 1 fully saturated rings. The molecule has 1 amide bonds. The minimum Gasteiger partial charge on any atom is -0.482 e. The number of hydrogen-bond acceptors (Lipinski definition) is 8. The molecule has 0 aliphatic carbocycles. The summed E-state index contributed by atoms with van der Waals surface area (Å²) in [6.07, 6.45) is 5.97. The largest absolute Gasteiger partial charge is 0.482 e. The predicted octanol–water partition coefficient (Wildman–Crippen LogP) is 1.53. The van der Waals surface area contributed by atoms with Crippen molar-refractivity contribution in [3.8, 4) is 17.0 Å². The van der Waals surface area contributed by atoms with Gasteiger partial charge in [-0.1, -0.05) is 11.6 Å². The van der Waals surface area contributed by atoms with Gasteiger partial charge < -0.3 is 24.5 Å². The number of carbonyl (C=O) groups excluding carboxylic acids is 2. The fourth-order valence-corrected chi connectivity index (χ4v) is 3.62. The number of nitrogens with one attached hydrogen (secondary N) is 3. The highest BCUT2D eigenvalue weighted by Crippen LogP contribution is 2.42. The Labute approximate surface area is 183 Å². The van der Waals surface area contributed by atoms with E-state index in [1.165, 1.54) is 18.6 Å². The second-order valence-electron chi connectivity index (χ2n) is 7.01. The fourth-order valence-electron chi connectivity index (χ4n) is 3.34. The van der Waals surface area contributed by atoms with Crippen LogP contribution in [0.25, 0.3) is 27.8 Å². The average Bonchev–Trinajstić information content (AvgIpc) is 3.37. The van der Waals surface area contributed by atoms with Gasteiger partial charge >= 0.3 is 0 Å². The lowest BCUT2D eigenvalue weighted by Crippen LogP contribution is -2.50. The number of aromatic nitrogens is 5. The summed E-state index contributed by atoms with van der Waals surface area (Å²) in [5, 5.41) is 12.8. The van der Waals surface area contributed by atoms with E-state index in [4.69, 9.17) is 16.3 Å². The monoisotopic (exact) mass is 459 g/mol. The number of imidazole rings is 1. The standard InChI is InChI=1S/C19H15ClFN7O4/c20-16-15(10-3-24-27-18(10)19(17(16)21)32-9-1-22-2-9)11-5-28-6-12(25-13(28)4-23-11)26-14(30)7-31-8-29/h3-6,8-9,22H,1-2,7H2,(H,24,27)(H,26,30). The Morgan fingerprint density at radius 1 is 1.38 bits per heavy atom. The Morgan fingerprint density at radius 2 is 2.22 bits per heavy atom. The van der Waals surface area contributed by atoms with E-state index in [1.54, 1.807) is 10.6 Å². The SMILES string of the molecule is O=COCC(=O)Nc1cn2cc(-c3c(Cl)c(F)c(OC4CNC4)c4[nH]ncc34)ncc2n1. The van der Waals surface area contributed by atoms with E-state index in [9.17, 15) is 9.59 Å². The Hall–Kier alpha value is -3.77. The second-order valence-corrected chi connectivity index (χ2v) is 7.39. The van der Waals surface area contributed by atoms with Crippen molar-refractivity contribution in [2.24, 2.45) is 0 Å². The molecule has 3 N–H and O–H groups in total. The molecular formula is C19H15ClFN7O4. The van der Waals surface area contributed by atoms with Gasteiger partial charge in [0.25, 0.3) is 12.4 Å². The first-order valence-electron chi connectivity index (χ1n) is 9.46. The summed E-state index contributed by atoms with van der Waals surface area (Å²) >= 11 is 6.41. The van der Waals surface area contributed by atoms with Crippen LogP contribution in [0, 0.1) is 5.82 Å². The first-order chi connectivity index (χ1) is 15.5. The summed E-state index contributed by atoms with van der Waals surface area (Å²) in [5.41, 5.74) is 1.51. The number of nitrogens with zero attached hydrogens (tertiary/aromatic N) is 4. The van der Waals surface area contributed by atoms with Gasteiger partial charge in [0.15, 0.2) is 29.6 Å². The summed E-state index contributed by atoms with van der Waals surface area (Å²) in [5.74, 6) is -1.01. The molecule has 13 heteroatoms. The zero-order chi connectivity index (χ0) is 22.2. The van der Waals surface area contributed by atoms with Gasteiger partial charge in [0.05, 0.1) is 29.3 Å². The number of ether oxygens (including phenoxy) is 2. The van der Waals surface area contributed by atoms with Crippen LogP contribution in [0.4, 0.5) is 10.2 Å². The second kappa shape index (κ2) is 8.05. The highest BCUT2D eigenvalue weighted by atomic mass is 35.5. The fraction of sp³-hybridized carbons (Fsp3) is 0.211. The molecule has 4 heterocycles. The molecular weight excluding hydrogens is 445 g/mol. The molecule has 3 aromatic heterocycles. The number of amides is 1. The number of halogens is 2. The molecule has 0 radical (unpaired) electrons. The highest BCUT2D eigenvalue weighted by molar-refractivity contribution is 6.35. The molecule has 0 spiro atoms. The van der Waals surface area contributed by atoms with E-state index >= 15 is 4.39 Å². The van der Waals surface area contributed by atoms with Crippen molar-refractivity contribution >= 4 is 46.3 Å². The van der Waals surface area contributed by atoms with Gasteiger partial charge in [-0.25, -0.2) is 9.37 Å². The number of aromatic amines is 1. The summed E-state index contributed by atoms with van der Waals surface area (Å²) in [4.78, 5) is 30.5. The van der Waals surface area contributed by atoms with Crippen molar-refractivity contribution in [2.75, 3.05) is 25.0 Å². The van der Waals surface area contributed by atoms with Gasteiger partial charge in [-0.2, -0.15) is 5.10 Å². The number of rotatable bonds is 7. The van der Waals surface area contributed by atoms with E-state index in [-0.39, 0.29) is 29.2 Å². The van der Waals surface area contributed by atoms with Gasteiger partial charge in [0, 0.05) is 30.2 Å². The molecule has 164 valence electrons. The predicted molar refractivity (Wildman–Crippen MR) is 111 cm³/mol. The molecule has 1 aliphatic heterocycles. The van der Waals surface area contributed by atoms with E-state index in [1.807, 2.05) is 0 Å². The molecule has 0 bridgehead atoms. The molecule has 4 aromatic rings. The molecule has 32 heavy (non-hydrogen) atoms. The minimum atomic E-state index is -0.707. The van der Waals surface area contributed by atoms with Crippen molar-refractivity contribution in [1.29, 1.82) is 0 Å². The molecule has 1 aromatic carbocycles. The third-order valence-electron chi connectivity index (χ3n) is 4.92. The molecule has 0 atom stereocenters. The van der Waals surface area contributed by atoms with Crippen LogP contribution >= 0.6 is 11.6 Å². The molecule has 0 unspecified atom stereocenters. The number of carbonyl (C=O) groups is 2. The summed E-state index contributed by atoms with van der Waals surface area (Å²) in [6, 6.07) is 0. The molecule has 11 nitrogen and oxygen atoms in total. The summed E-state index contributed by atoms with van der Waals surface area (Å²) in [6.45, 7) is 0.985. The lowest BCUT2D eigenvalue weighted by Gasteiger charge is -2.28. The quantitative estimate of drug-likeness (QED) is 0.354. The van der Waals surface area contributed by atoms with Gasteiger partial charge in [-0.3, -0.25) is 19.7 Å². The summed E-state index contributed by atoms with van der Waals surface area (Å²) in [7, 11) is 0. The molecule has 5 rings (SSSR count). The lowest BCUT2D eigenvalue weighted by atomic mass is 10.1. The van der Waals surface area contributed by atoms with Gasteiger partial charge in [-0.05, 0) is 0 Å². The van der Waals surface area contributed by atoms with Gasteiger partial charge in [0.1, 0.15) is 11.6 Å². The van der Waals surface area contributed by atoms with E-state index < -0.39 is 18.3 Å². The maximum absolute atomic E-state index is 15.2. The van der Waals surface area contributed by atoms with E-state index in [0.717, 1.165) is 0 Å². The molecule has 0 saturated carbocycles. The minimum absolute atomic E-state index is 0.0176. The molecule has 1 aliphatic rings. The smallest absolute Gasteiger partial charge is 0.293 e. The molecule has 1 saturated heterocycles. The average molecular weight is 460 g/mol. The van der Waals surface area contributed by atoms with Crippen LogP contribution < -0.4 is 15.4 Å². The van der Waals surface area contributed by atoms with Crippen molar-refractivity contribution in [3.63, 3.8) is 0 Å². The first kappa shape index (κ1) is 20.2. The highest BCUT2D eigenvalue weighted by Gasteiger charge is 2.27. The lowest BCUT2D eigenvalue weighted by molar-refractivity contribution is -0.135. The van der Waals surface area contributed by atoms with Crippen molar-refractivity contribution < 1.29 is 23.5 Å². The van der Waals surface area contributed by atoms with Gasteiger partial charge in [0.2, 0.25) is 0 Å². The number of fused-ring (bicyclic) bond motifs is 2. The Bertz CT molecular complexity index is 1350. The number of hydrogen-bond donors (Lipinski definition) is 3. The van der Waals surface area contributed by atoms with E-state index in [0.29, 0.717) is 40.9 Å². The third kappa shape index (κ3) is 3.48. The van der Waals surface area contributed by atoms with Gasteiger partial charge in [-0.15, -0.1) is 0 Å². The summed E-state index contributed by atoms with van der Waals surface area (Å²) < 4.78 is 27.0. The van der Waals surface area contributed by atoms with Crippen LogP contribution in [0.5, 0.6) is 5.75 Å². The van der Waals surface area contributed by atoms with Crippen LogP contribution in [-0.2, 0) is 14.3 Å². The van der Waals surface area contributed by atoms with Crippen LogP contribution in [0.2, 0.25) is 5.02 Å². The maximum atomic E-state index is 15.2. The van der Waals surface area contributed by atoms with Crippen LogP contribution in [0.15, 0.2) is 24.8 Å². The van der Waals surface area contributed by atoms with E-state index in [2.05, 4.69) is 35.5 Å². The number of H-pyrrole nitrogens is 1. The zero-order valence-electron chi connectivity index (χ0n) is 16.3. The zero-order valence-corrected chi connectivity index (χ0v) is 17.0. The van der Waals surface area contributed by atoms with Crippen LogP contribution in [-0.4, -0.2) is 62.7 Å². The third-order valence-corrected chi connectivity index (χ3v) is 5.28. The van der Waals surface area contributed by atoms with Crippen LogP contribution in [0.3, 0.4) is 0 Å². The number of anilines is 1. The first-order valence-corrected chi connectivity index (χ1v) is 9.84. The van der Waals surface area contributed by atoms with Crippen molar-refractivity contribution in [2.45, 2.75) is 6.10 Å². The Balaban J connectivity index is 1.53. The normalized spacial score (nSPS) is 13.8. The topological polar surface area (TPSA) is 136 Å². The Morgan fingerprint density at radius 3 is 2.97 bits per heavy atom.